The fourth-order valence-corrected chi connectivity index (χ4v) is 4.09. The molecule has 2 aromatic rings. The Balaban J connectivity index is 1.50. The zero-order valence-corrected chi connectivity index (χ0v) is 19.0. The molecule has 0 bridgehead atoms. The zero-order valence-electron chi connectivity index (χ0n) is 19.0. The van der Waals surface area contributed by atoms with Gasteiger partial charge < -0.3 is 18.9 Å². The number of amides is 1. The fraction of sp³-hybridized carbons (Fsp3) is 0.542. The highest BCUT2D eigenvalue weighted by Gasteiger charge is 2.33. The standard InChI is InChI=1S/C24H32N2O5/c1-15-7-6-8-16(2)26(15)24(28)19(5)30-23(27)13-20-9-11-21(12-10-20)29-14-22-17(3)25-31-18(22)4/h9-12,15-16,19H,6-8,13-14H2,1-5H3/t15-,16-,19-/m0/s1. The third-order valence-corrected chi connectivity index (χ3v) is 5.94. The predicted molar refractivity (Wildman–Crippen MR) is 116 cm³/mol. The lowest BCUT2D eigenvalue weighted by atomic mass is 9.97. The van der Waals surface area contributed by atoms with E-state index in [0.29, 0.717) is 12.4 Å². The van der Waals surface area contributed by atoms with Gasteiger partial charge in [0.1, 0.15) is 18.1 Å². The molecular weight excluding hydrogens is 396 g/mol. The van der Waals surface area contributed by atoms with Gasteiger partial charge in [-0.15, -0.1) is 0 Å². The maximum atomic E-state index is 12.8. The van der Waals surface area contributed by atoms with E-state index in [1.807, 2.05) is 43.0 Å². The summed E-state index contributed by atoms with van der Waals surface area (Å²) in [5, 5.41) is 3.92. The van der Waals surface area contributed by atoms with Crippen LogP contribution in [0.5, 0.6) is 5.75 Å². The first-order valence-electron chi connectivity index (χ1n) is 10.9. The van der Waals surface area contributed by atoms with E-state index in [-0.39, 0.29) is 24.4 Å². The van der Waals surface area contributed by atoms with Gasteiger partial charge in [0.25, 0.3) is 5.91 Å². The fourth-order valence-electron chi connectivity index (χ4n) is 4.09. The van der Waals surface area contributed by atoms with Crippen LogP contribution in [0, 0.1) is 13.8 Å². The van der Waals surface area contributed by atoms with E-state index in [2.05, 4.69) is 19.0 Å². The number of benzene rings is 1. The number of aromatic nitrogens is 1. The van der Waals surface area contributed by atoms with E-state index in [1.165, 1.54) is 0 Å². The Labute approximate surface area is 183 Å². The number of carbonyl (C=O) groups excluding carboxylic acids is 2. The first-order valence-corrected chi connectivity index (χ1v) is 10.9. The second-order valence-corrected chi connectivity index (χ2v) is 8.42. The Kier molecular flexibility index (Phi) is 7.36. The number of aryl methyl sites for hydroxylation is 2. The van der Waals surface area contributed by atoms with Gasteiger partial charge in [-0.25, -0.2) is 0 Å². The van der Waals surface area contributed by atoms with Gasteiger partial charge >= 0.3 is 5.97 Å². The van der Waals surface area contributed by atoms with E-state index in [9.17, 15) is 9.59 Å². The summed E-state index contributed by atoms with van der Waals surface area (Å²) in [5.74, 6) is 0.904. The summed E-state index contributed by atoms with van der Waals surface area (Å²) in [6.45, 7) is 9.86. The third kappa shape index (κ3) is 5.66. The van der Waals surface area contributed by atoms with Crippen molar-refractivity contribution in [2.75, 3.05) is 0 Å². The molecule has 3 atom stereocenters. The minimum absolute atomic E-state index is 0.104. The van der Waals surface area contributed by atoms with Gasteiger partial charge in [-0.1, -0.05) is 17.3 Å². The lowest BCUT2D eigenvalue weighted by Crippen LogP contribution is -2.51. The third-order valence-electron chi connectivity index (χ3n) is 5.94. The van der Waals surface area contributed by atoms with Crippen LogP contribution in [0.2, 0.25) is 0 Å². The van der Waals surface area contributed by atoms with Crippen molar-refractivity contribution in [2.24, 2.45) is 0 Å². The molecule has 31 heavy (non-hydrogen) atoms. The molecule has 1 aromatic heterocycles. The first kappa shape index (κ1) is 22.8. The highest BCUT2D eigenvalue weighted by Crippen LogP contribution is 2.24. The molecule has 0 saturated carbocycles. The van der Waals surface area contributed by atoms with E-state index < -0.39 is 12.1 Å². The van der Waals surface area contributed by atoms with Crippen molar-refractivity contribution in [1.29, 1.82) is 0 Å². The number of rotatable bonds is 7. The molecule has 1 aliphatic rings. The summed E-state index contributed by atoms with van der Waals surface area (Å²) in [6, 6.07) is 7.63. The van der Waals surface area contributed by atoms with Crippen LogP contribution < -0.4 is 4.74 Å². The van der Waals surface area contributed by atoms with Crippen LogP contribution in [-0.2, 0) is 27.4 Å². The molecule has 1 fully saturated rings. The summed E-state index contributed by atoms with van der Waals surface area (Å²) in [6.07, 6.45) is 2.42. The lowest BCUT2D eigenvalue weighted by molar-refractivity contribution is -0.161. The number of nitrogens with zero attached hydrogens (tertiary/aromatic N) is 2. The van der Waals surface area contributed by atoms with Crippen LogP contribution in [0.25, 0.3) is 0 Å². The Morgan fingerprint density at radius 3 is 2.39 bits per heavy atom. The van der Waals surface area contributed by atoms with Gasteiger partial charge in [0.2, 0.25) is 0 Å². The maximum Gasteiger partial charge on any atom is 0.311 e. The molecule has 0 aliphatic carbocycles. The van der Waals surface area contributed by atoms with Crippen molar-refractivity contribution in [3.8, 4) is 5.75 Å². The molecule has 1 saturated heterocycles. The first-order chi connectivity index (χ1) is 14.8. The molecule has 7 nitrogen and oxygen atoms in total. The van der Waals surface area contributed by atoms with Crippen molar-refractivity contribution in [3.63, 3.8) is 0 Å². The number of esters is 1. The number of piperidine rings is 1. The van der Waals surface area contributed by atoms with Crippen LogP contribution >= 0.6 is 0 Å². The molecule has 0 radical (unpaired) electrons. The average molecular weight is 429 g/mol. The molecule has 0 unspecified atom stereocenters. The molecule has 3 rings (SSSR count). The number of ether oxygens (including phenoxy) is 2. The van der Waals surface area contributed by atoms with Gasteiger partial charge in [-0.05, 0) is 71.6 Å². The van der Waals surface area contributed by atoms with Crippen molar-refractivity contribution in [1.82, 2.24) is 10.1 Å². The lowest BCUT2D eigenvalue weighted by Gasteiger charge is -2.40. The smallest absolute Gasteiger partial charge is 0.311 e. The van der Waals surface area contributed by atoms with Gasteiger partial charge in [0, 0.05) is 12.1 Å². The molecule has 1 aliphatic heterocycles. The summed E-state index contributed by atoms with van der Waals surface area (Å²) in [5.41, 5.74) is 2.55. The zero-order chi connectivity index (χ0) is 22.5. The Morgan fingerprint density at radius 1 is 1.16 bits per heavy atom. The van der Waals surface area contributed by atoms with E-state index >= 15 is 0 Å². The molecule has 7 heteroatoms. The summed E-state index contributed by atoms with van der Waals surface area (Å²) in [4.78, 5) is 27.0. The highest BCUT2D eigenvalue weighted by atomic mass is 16.5. The van der Waals surface area contributed by atoms with Crippen LogP contribution in [0.4, 0.5) is 0 Å². The number of hydrogen-bond acceptors (Lipinski definition) is 6. The second-order valence-electron chi connectivity index (χ2n) is 8.42. The van der Waals surface area contributed by atoms with Gasteiger partial charge in [-0.3, -0.25) is 9.59 Å². The summed E-state index contributed by atoms with van der Waals surface area (Å²) < 4.78 is 16.4. The largest absolute Gasteiger partial charge is 0.489 e. The maximum absolute atomic E-state index is 12.8. The van der Waals surface area contributed by atoms with E-state index in [4.69, 9.17) is 14.0 Å². The molecule has 0 spiro atoms. The summed E-state index contributed by atoms with van der Waals surface area (Å²) in [7, 11) is 0. The number of hydrogen-bond donors (Lipinski definition) is 0. The van der Waals surface area contributed by atoms with Crippen molar-refractivity contribution < 1.29 is 23.6 Å². The monoisotopic (exact) mass is 428 g/mol. The molecule has 2 heterocycles. The molecule has 168 valence electrons. The summed E-state index contributed by atoms with van der Waals surface area (Å²) >= 11 is 0. The van der Waals surface area contributed by atoms with E-state index in [0.717, 1.165) is 41.8 Å². The normalized spacial score (nSPS) is 19.7. The van der Waals surface area contributed by atoms with E-state index in [1.54, 1.807) is 6.92 Å². The second kappa shape index (κ2) is 9.98. The molecule has 1 amide bonds. The highest BCUT2D eigenvalue weighted by molar-refractivity contribution is 5.84. The minimum atomic E-state index is -0.784. The minimum Gasteiger partial charge on any atom is -0.489 e. The van der Waals surface area contributed by atoms with Crippen LogP contribution in [0.15, 0.2) is 28.8 Å². The van der Waals surface area contributed by atoms with Gasteiger partial charge in [0.05, 0.1) is 17.7 Å². The Bertz CT molecular complexity index is 876. The Morgan fingerprint density at radius 2 is 1.81 bits per heavy atom. The van der Waals surface area contributed by atoms with Crippen LogP contribution in [-0.4, -0.2) is 40.1 Å². The SMILES string of the molecule is Cc1noc(C)c1COc1ccc(CC(=O)O[C@@H](C)C(=O)N2[C@@H](C)CCC[C@@H]2C)cc1. The van der Waals surface area contributed by atoms with Crippen LogP contribution in [0.3, 0.4) is 0 Å². The predicted octanol–water partition coefficient (Wildman–Crippen LogP) is 4.13. The van der Waals surface area contributed by atoms with Crippen LogP contribution in [0.1, 0.15) is 62.6 Å². The molecule has 1 aromatic carbocycles. The van der Waals surface area contributed by atoms with Gasteiger partial charge in [0.15, 0.2) is 6.10 Å². The molecule has 0 N–H and O–H groups in total. The van der Waals surface area contributed by atoms with Gasteiger partial charge in [-0.2, -0.15) is 0 Å². The van der Waals surface area contributed by atoms with Crippen molar-refractivity contribution in [2.45, 2.75) is 85.1 Å². The molecular formula is C24H32N2O5. The van der Waals surface area contributed by atoms with Crippen molar-refractivity contribution in [3.05, 3.63) is 46.8 Å². The Hall–Kier alpha value is -2.83. The van der Waals surface area contributed by atoms with Crippen molar-refractivity contribution >= 4 is 11.9 Å². The average Bonchev–Trinajstić information content (AvgIpc) is 3.04. The quantitative estimate of drug-likeness (QED) is 0.617. The topological polar surface area (TPSA) is 81.9 Å². The number of likely N-dealkylation sites (tertiary alicyclic amines) is 1. The number of carbonyl (C=O) groups is 2.